The predicted molar refractivity (Wildman–Crippen MR) is 130 cm³/mol. The first-order valence-electron chi connectivity index (χ1n) is 12.0. The van der Waals surface area contributed by atoms with Gasteiger partial charge >= 0.3 is 0 Å². The molecule has 2 N–H and O–H groups in total. The molecule has 1 aromatic carbocycles. The molecule has 182 valence electrons. The Morgan fingerprint density at radius 1 is 1.14 bits per heavy atom. The van der Waals surface area contributed by atoms with Crippen LogP contribution in [0.4, 0.5) is 15.9 Å². The van der Waals surface area contributed by atoms with Gasteiger partial charge in [0.05, 0.1) is 31.1 Å². The maximum absolute atomic E-state index is 13.8. The average Bonchev–Trinajstić information content (AvgIpc) is 3.54. The van der Waals surface area contributed by atoms with Crippen molar-refractivity contribution in [2.24, 2.45) is 0 Å². The summed E-state index contributed by atoms with van der Waals surface area (Å²) in [6.45, 7) is 5.32. The second kappa shape index (κ2) is 8.62. The van der Waals surface area contributed by atoms with Gasteiger partial charge in [-0.2, -0.15) is 14.9 Å². The third kappa shape index (κ3) is 3.92. The van der Waals surface area contributed by atoms with Crippen molar-refractivity contribution in [2.45, 2.75) is 31.4 Å². The van der Waals surface area contributed by atoms with Gasteiger partial charge < -0.3 is 19.6 Å². The number of H-pyrrole nitrogens is 1. The van der Waals surface area contributed by atoms with Crippen molar-refractivity contribution in [3.63, 3.8) is 0 Å². The summed E-state index contributed by atoms with van der Waals surface area (Å²) >= 11 is 0. The van der Waals surface area contributed by atoms with E-state index in [4.69, 9.17) is 9.72 Å². The van der Waals surface area contributed by atoms with Gasteiger partial charge in [0.1, 0.15) is 11.6 Å². The number of hydrogen-bond donors (Lipinski definition) is 2. The Morgan fingerprint density at radius 3 is 2.74 bits per heavy atom. The Balaban J connectivity index is 1.41. The molecule has 9 nitrogen and oxygen atoms in total. The summed E-state index contributed by atoms with van der Waals surface area (Å²) in [4.78, 5) is 9.32. The van der Waals surface area contributed by atoms with E-state index < -0.39 is 5.60 Å². The molecule has 0 aliphatic carbocycles. The normalized spacial score (nSPS) is 20.5. The van der Waals surface area contributed by atoms with Gasteiger partial charge in [0.25, 0.3) is 0 Å². The number of nitrogens with zero attached hydrogens (tertiary/aromatic N) is 6. The predicted octanol–water partition coefficient (Wildman–Crippen LogP) is 3.00. The van der Waals surface area contributed by atoms with E-state index in [0.29, 0.717) is 50.6 Å². The van der Waals surface area contributed by atoms with Crippen LogP contribution in [-0.4, -0.2) is 69.0 Å². The topological polar surface area (TPSA) is 95.3 Å². The lowest BCUT2D eigenvalue weighted by molar-refractivity contribution is 0.0131. The Morgan fingerprint density at radius 2 is 2.00 bits per heavy atom. The summed E-state index contributed by atoms with van der Waals surface area (Å²) in [7, 11) is 0. The first kappa shape index (κ1) is 22.0. The van der Waals surface area contributed by atoms with Crippen LogP contribution in [0.15, 0.2) is 48.8 Å². The van der Waals surface area contributed by atoms with E-state index in [1.165, 1.54) is 6.07 Å². The molecule has 0 amide bonds. The molecule has 1 atom stereocenters. The number of rotatable bonds is 4. The zero-order valence-electron chi connectivity index (χ0n) is 19.6. The van der Waals surface area contributed by atoms with E-state index in [2.05, 4.69) is 32.0 Å². The molecule has 3 aromatic heterocycles. The second-order valence-corrected chi connectivity index (χ2v) is 9.37. The number of fused-ring (bicyclic) bond motifs is 1. The van der Waals surface area contributed by atoms with E-state index in [1.54, 1.807) is 29.2 Å². The molecular formula is C25H28FN7O2. The van der Waals surface area contributed by atoms with Crippen molar-refractivity contribution in [1.29, 1.82) is 0 Å². The van der Waals surface area contributed by atoms with Gasteiger partial charge in [0, 0.05) is 43.0 Å². The summed E-state index contributed by atoms with van der Waals surface area (Å²) < 4.78 is 21.1. The smallest absolute Gasteiger partial charge is 0.177 e. The van der Waals surface area contributed by atoms with Gasteiger partial charge in [-0.05, 0) is 49.6 Å². The summed E-state index contributed by atoms with van der Waals surface area (Å²) in [6, 6.07) is 10.6. The molecule has 10 heteroatoms. The van der Waals surface area contributed by atoms with Crippen molar-refractivity contribution >= 4 is 22.5 Å². The molecular weight excluding hydrogens is 449 g/mol. The maximum atomic E-state index is 13.8. The molecule has 0 spiro atoms. The first-order valence-corrected chi connectivity index (χ1v) is 12.0. The van der Waals surface area contributed by atoms with Crippen LogP contribution >= 0.6 is 0 Å². The molecule has 5 heterocycles. The van der Waals surface area contributed by atoms with Gasteiger partial charge in [-0.3, -0.25) is 5.10 Å². The maximum Gasteiger partial charge on any atom is 0.177 e. The van der Waals surface area contributed by atoms with Crippen molar-refractivity contribution in [3.8, 4) is 5.82 Å². The molecule has 6 rings (SSSR count). The van der Waals surface area contributed by atoms with Crippen LogP contribution in [0.25, 0.3) is 16.9 Å². The molecule has 4 aromatic rings. The number of piperidine rings is 1. The van der Waals surface area contributed by atoms with Crippen LogP contribution in [0, 0.1) is 5.82 Å². The number of benzene rings is 1. The van der Waals surface area contributed by atoms with E-state index in [-0.39, 0.29) is 11.9 Å². The molecule has 0 unspecified atom stereocenters. The van der Waals surface area contributed by atoms with Crippen LogP contribution in [0.2, 0.25) is 0 Å². The highest BCUT2D eigenvalue weighted by molar-refractivity contribution is 5.83. The zero-order valence-corrected chi connectivity index (χ0v) is 19.6. The largest absolute Gasteiger partial charge is 0.385 e. The summed E-state index contributed by atoms with van der Waals surface area (Å²) in [5.74, 6) is 1.18. The van der Waals surface area contributed by atoms with E-state index in [0.717, 1.165) is 29.0 Å². The standard InChI is InChI=1S/C25H28FN7O2/c1-17-16-35-12-11-32(17)23-14-21(20-15-28-33(24(20)29-23)22-5-8-27-30-22)25(34)6-9-31(10-7-25)19-4-2-3-18(26)13-19/h2-5,8,13-15,17,34H,6-7,9-12,16H2,1H3,(H,27,30)/t17-/m1/s1. The quantitative estimate of drug-likeness (QED) is 0.467. The summed E-state index contributed by atoms with van der Waals surface area (Å²) in [5, 5.41) is 24.4. The molecule has 2 fully saturated rings. The number of aromatic nitrogens is 5. The Kier molecular flexibility index (Phi) is 5.42. The molecule has 2 aliphatic heterocycles. The van der Waals surface area contributed by atoms with Crippen molar-refractivity contribution in [3.05, 3.63) is 60.2 Å². The van der Waals surface area contributed by atoms with Gasteiger partial charge in [-0.15, -0.1) is 0 Å². The lowest BCUT2D eigenvalue weighted by Crippen LogP contribution is -2.45. The third-order valence-electron chi connectivity index (χ3n) is 7.16. The fraction of sp³-hybridized carbons (Fsp3) is 0.400. The number of anilines is 2. The molecule has 0 bridgehead atoms. The van der Waals surface area contributed by atoms with E-state index in [1.807, 2.05) is 18.2 Å². The molecule has 0 radical (unpaired) electrons. The number of halogens is 1. The number of pyridine rings is 1. The highest BCUT2D eigenvalue weighted by Gasteiger charge is 2.37. The minimum Gasteiger partial charge on any atom is -0.385 e. The molecule has 2 aliphatic rings. The minimum atomic E-state index is -1.06. The number of aromatic amines is 1. The number of morpholine rings is 1. The van der Waals surface area contributed by atoms with Crippen molar-refractivity contribution < 1.29 is 14.2 Å². The third-order valence-corrected chi connectivity index (χ3v) is 7.16. The molecule has 2 saturated heterocycles. The lowest BCUT2D eigenvalue weighted by atomic mass is 9.83. The monoisotopic (exact) mass is 477 g/mol. The van der Waals surface area contributed by atoms with Gasteiger partial charge in [0.15, 0.2) is 11.5 Å². The number of aliphatic hydroxyl groups is 1. The summed E-state index contributed by atoms with van der Waals surface area (Å²) in [6.07, 6.45) is 4.52. The minimum absolute atomic E-state index is 0.160. The molecule has 0 saturated carbocycles. The fourth-order valence-electron chi connectivity index (χ4n) is 5.20. The average molecular weight is 478 g/mol. The van der Waals surface area contributed by atoms with E-state index >= 15 is 0 Å². The number of ether oxygens (including phenoxy) is 1. The van der Waals surface area contributed by atoms with Gasteiger partial charge in [0.2, 0.25) is 0 Å². The first-order chi connectivity index (χ1) is 17.0. The Hall–Kier alpha value is -3.50. The van der Waals surface area contributed by atoms with Crippen LogP contribution in [0.5, 0.6) is 0 Å². The fourth-order valence-corrected chi connectivity index (χ4v) is 5.20. The van der Waals surface area contributed by atoms with Gasteiger partial charge in [-0.25, -0.2) is 9.37 Å². The van der Waals surface area contributed by atoms with E-state index in [9.17, 15) is 9.50 Å². The number of hydrogen-bond acceptors (Lipinski definition) is 7. The Labute approximate surface area is 202 Å². The highest BCUT2D eigenvalue weighted by atomic mass is 19.1. The van der Waals surface area contributed by atoms with Crippen LogP contribution in [-0.2, 0) is 10.3 Å². The van der Waals surface area contributed by atoms with Gasteiger partial charge in [-0.1, -0.05) is 6.07 Å². The lowest BCUT2D eigenvalue weighted by Gasteiger charge is -2.40. The molecule has 35 heavy (non-hydrogen) atoms. The zero-order chi connectivity index (χ0) is 24.0. The van der Waals surface area contributed by atoms with Crippen LogP contribution < -0.4 is 9.80 Å². The number of nitrogens with one attached hydrogen (secondary N) is 1. The van der Waals surface area contributed by atoms with Crippen molar-refractivity contribution in [2.75, 3.05) is 42.6 Å². The van der Waals surface area contributed by atoms with Crippen molar-refractivity contribution in [1.82, 2.24) is 25.0 Å². The second-order valence-electron chi connectivity index (χ2n) is 9.37. The summed E-state index contributed by atoms with van der Waals surface area (Å²) in [5.41, 5.74) is 1.25. The van der Waals surface area contributed by atoms with Crippen LogP contribution in [0.1, 0.15) is 25.3 Å². The Bertz CT molecular complexity index is 1330. The highest BCUT2D eigenvalue weighted by Crippen LogP contribution is 2.40. The SMILES string of the molecule is C[C@@H]1COCCN1c1cc(C2(O)CCN(c3cccc(F)c3)CC2)c2cnn(-c3cc[nH]n3)c2n1. The van der Waals surface area contributed by atoms with Crippen LogP contribution in [0.3, 0.4) is 0 Å².